The van der Waals surface area contributed by atoms with Crippen molar-refractivity contribution in [3.05, 3.63) is 88.9 Å². The molecule has 0 spiro atoms. The van der Waals surface area contributed by atoms with E-state index in [2.05, 4.69) is 36.7 Å². The number of nitrogens with one attached hydrogen (secondary N) is 1. The minimum atomic E-state index is -0.280. The molecule has 4 rings (SSSR count). The number of para-hydroxylation sites is 1. The van der Waals surface area contributed by atoms with Gasteiger partial charge in [-0.25, -0.2) is 5.43 Å². The molecule has 1 heterocycles. The van der Waals surface area contributed by atoms with Gasteiger partial charge in [-0.05, 0) is 42.0 Å². The van der Waals surface area contributed by atoms with Crippen molar-refractivity contribution in [3.8, 4) is 22.8 Å². The van der Waals surface area contributed by atoms with Crippen LogP contribution in [0, 0.1) is 0 Å². The SMILES string of the molecule is O=C(CSc1nnc(-c2cccc(Br)c2)n1-c1ccccc1)N/N=C\c1cccc(O)c1. The topological polar surface area (TPSA) is 92.4 Å². The van der Waals surface area contributed by atoms with Crippen LogP contribution in [-0.2, 0) is 4.79 Å². The Morgan fingerprint density at radius 1 is 1.06 bits per heavy atom. The van der Waals surface area contributed by atoms with E-state index in [9.17, 15) is 9.90 Å². The van der Waals surface area contributed by atoms with Crippen molar-refractivity contribution < 1.29 is 9.90 Å². The molecule has 0 aliphatic carbocycles. The van der Waals surface area contributed by atoms with Gasteiger partial charge < -0.3 is 5.11 Å². The number of hydrogen-bond acceptors (Lipinski definition) is 6. The molecule has 9 heteroatoms. The zero-order valence-electron chi connectivity index (χ0n) is 16.7. The van der Waals surface area contributed by atoms with Gasteiger partial charge >= 0.3 is 0 Å². The van der Waals surface area contributed by atoms with Crippen molar-refractivity contribution in [1.29, 1.82) is 0 Å². The summed E-state index contributed by atoms with van der Waals surface area (Å²) >= 11 is 4.77. The van der Waals surface area contributed by atoms with Crippen LogP contribution in [0.25, 0.3) is 17.1 Å². The second-order valence-corrected chi connectivity index (χ2v) is 8.52. The van der Waals surface area contributed by atoms with Gasteiger partial charge in [0.1, 0.15) is 5.75 Å². The number of halogens is 1. The number of aromatic hydroxyl groups is 1. The van der Waals surface area contributed by atoms with Gasteiger partial charge in [0, 0.05) is 15.7 Å². The summed E-state index contributed by atoms with van der Waals surface area (Å²) < 4.78 is 2.87. The first-order chi connectivity index (χ1) is 15.6. The van der Waals surface area contributed by atoms with Gasteiger partial charge in [-0.15, -0.1) is 10.2 Å². The van der Waals surface area contributed by atoms with Crippen LogP contribution < -0.4 is 5.43 Å². The molecule has 0 saturated heterocycles. The minimum Gasteiger partial charge on any atom is -0.508 e. The average Bonchev–Trinajstić information content (AvgIpc) is 3.22. The van der Waals surface area contributed by atoms with Crippen LogP contribution in [0.2, 0.25) is 0 Å². The molecule has 0 bridgehead atoms. The standard InChI is InChI=1S/C23H18BrN5O2S/c24-18-8-5-7-17(13-18)22-27-28-23(29(22)19-9-2-1-3-10-19)32-15-21(31)26-25-14-16-6-4-11-20(30)12-16/h1-14,30H,15H2,(H,26,31)/b25-14-. The van der Waals surface area contributed by atoms with Crippen molar-refractivity contribution in [2.24, 2.45) is 5.10 Å². The molecular formula is C23H18BrN5O2S. The van der Waals surface area contributed by atoms with Gasteiger partial charge in [0.05, 0.1) is 12.0 Å². The summed E-state index contributed by atoms with van der Waals surface area (Å²) in [7, 11) is 0. The maximum Gasteiger partial charge on any atom is 0.250 e. The fraction of sp³-hybridized carbons (Fsp3) is 0.0435. The Kier molecular flexibility index (Phi) is 6.98. The zero-order chi connectivity index (χ0) is 22.3. The second kappa shape index (κ2) is 10.3. The van der Waals surface area contributed by atoms with Gasteiger partial charge in [-0.3, -0.25) is 9.36 Å². The summed E-state index contributed by atoms with van der Waals surface area (Å²) in [5.41, 5.74) is 4.98. The number of phenols is 1. The molecule has 0 aliphatic rings. The minimum absolute atomic E-state index is 0.112. The number of hydrogen-bond donors (Lipinski definition) is 2. The van der Waals surface area contributed by atoms with Crippen LogP contribution in [0.15, 0.2) is 93.6 Å². The van der Waals surface area contributed by atoms with Gasteiger partial charge in [0.2, 0.25) is 0 Å². The highest BCUT2D eigenvalue weighted by Crippen LogP contribution is 2.29. The maximum atomic E-state index is 12.3. The van der Waals surface area contributed by atoms with Crippen LogP contribution in [0.4, 0.5) is 0 Å². The summed E-state index contributed by atoms with van der Waals surface area (Å²) in [6, 6.07) is 24.2. The number of nitrogens with zero attached hydrogens (tertiary/aromatic N) is 4. The number of rotatable bonds is 7. The normalized spacial score (nSPS) is 11.0. The van der Waals surface area contributed by atoms with E-state index >= 15 is 0 Å². The highest BCUT2D eigenvalue weighted by molar-refractivity contribution is 9.10. The van der Waals surface area contributed by atoms with Crippen LogP contribution in [-0.4, -0.2) is 37.7 Å². The summed E-state index contributed by atoms with van der Waals surface area (Å²) in [6.45, 7) is 0. The molecule has 2 N–H and O–H groups in total. The lowest BCUT2D eigenvalue weighted by Crippen LogP contribution is -2.20. The fourth-order valence-corrected chi connectivity index (χ4v) is 4.08. The number of carbonyl (C=O) groups is 1. The Bertz CT molecular complexity index is 1260. The average molecular weight is 508 g/mol. The van der Waals surface area contributed by atoms with Crippen LogP contribution in [0.1, 0.15) is 5.56 Å². The first-order valence-electron chi connectivity index (χ1n) is 9.60. The van der Waals surface area contributed by atoms with E-state index in [0.717, 1.165) is 15.7 Å². The third-order valence-corrected chi connectivity index (χ3v) is 5.76. The van der Waals surface area contributed by atoms with Crippen LogP contribution >= 0.6 is 27.7 Å². The van der Waals surface area contributed by atoms with Gasteiger partial charge in [-0.1, -0.05) is 70.2 Å². The quantitative estimate of drug-likeness (QED) is 0.216. The highest BCUT2D eigenvalue weighted by atomic mass is 79.9. The largest absolute Gasteiger partial charge is 0.508 e. The lowest BCUT2D eigenvalue weighted by Gasteiger charge is -2.10. The lowest BCUT2D eigenvalue weighted by molar-refractivity contribution is -0.118. The summed E-state index contributed by atoms with van der Waals surface area (Å²) in [5.74, 6) is 0.651. The molecular weight excluding hydrogens is 490 g/mol. The Labute approximate surface area is 197 Å². The van der Waals surface area contributed by atoms with E-state index in [1.54, 1.807) is 24.3 Å². The number of phenolic OH excluding ortho intramolecular Hbond substituents is 1. The molecule has 4 aromatic rings. The van der Waals surface area contributed by atoms with Crippen molar-refractivity contribution in [3.63, 3.8) is 0 Å². The molecule has 1 aromatic heterocycles. The van der Waals surface area contributed by atoms with Crippen molar-refractivity contribution in [1.82, 2.24) is 20.2 Å². The molecule has 0 radical (unpaired) electrons. The van der Waals surface area contributed by atoms with Crippen molar-refractivity contribution >= 4 is 39.8 Å². The first-order valence-corrected chi connectivity index (χ1v) is 11.4. The lowest BCUT2D eigenvalue weighted by atomic mass is 10.2. The van der Waals surface area contributed by atoms with E-state index < -0.39 is 0 Å². The molecule has 0 atom stereocenters. The van der Waals surface area contributed by atoms with Gasteiger partial charge in [0.25, 0.3) is 5.91 Å². The Morgan fingerprint density at radius 2 is 1.88 bits per heavy atom. The van der Waals surface area contributed by atoms with E-state index in [-0.39, 0.29) is 17.4 Å². The molecule has 0 aliphatic heterocycles. The second-order valence-electron chi connectivity index (χ2n) is 6.66. The van der Waals surface area contributed by atoms with E-state index in [1.165, 1.54) is 18.0 Å². The number of carbonyl (C=O) groups excluding carboxylic acids is 1. The van der Waals surface area contributed by atoms with Crippen molar-refractivity contribution in [2.75, 3.05) is 5.75 Å². The third kappa shape index (κ3) is 5.43. The third-order valence-electron chi connectivity index (χ3n) is 4.34. The van der Waals surface area contributed by atoms with E-state index in [4.69, 9.17) is 0 Å². The molecule has 0 fully saturated rings. The number of thioether (sulfide) groups is 1. The van der Waals surface area contributed by atoms with E-state index in [0.29, 0.717) is 16.5 Å². The number of benzene rings is 3. The summed E-state index contributed by atoms with van der Waals surface area (Å²) in [5, 5.41) is 22.7. The van der Waals surface area contributed by atoms with Crippen LogP contribution in [0.3, 0.4) is 0 Å². The number of amides is 1. The molecule has 0 unspecified atom stereocenters. The fourth-order valence-electron chi connectivity index (χ4n) is 2.93. The molecule has 3 aromatic carbocycles. The molecule has 32 heavy (non-hydrogen) atoms. The van der Waals surface area contributed by atoms with Crippen molar-refractivity contribution in [2.45, 2.75) is 5.16 Å². The Morgan fingerprint density at radius 3 is 2.66 bits per heavy atom. The predicted molar refractivity (Wildman–Crippen MR) is 129 cm³/mol. The first kappa shape index (κ1) is 21.8. The molecule has 0 saturated carbocycles. The monoisotopic (exact) mass is 507 g/mol. The highest BCUT2D eigenvalue weighted by Gasteiger charge is 2.17. The molecule has 160 valence electrons. The Hall–Kier alpha value is -3.43. The Balaban J connectivity index is 1.50. The van der Waals surface area contributed by atoms with Gasteiger partial charge in [-0.2, -0.15) is 5.10 Å². The van der Waals surface area contributed by atoms with Crippen LogP contribution in [0.5, 0.6) is 5.75 Å². The number of aromatic nitrogens is 3. The molecule has 7 nitrogen and oxygen atoms in total. The maximum absolute atomic E-state index is 12.3. The molecule has 1 amide bonds. The predicted octanol–water partition coefficient (Wildman–Crippen LogP) is 4.64. The number of hydrazone groups is 1. The van der Waals surface area contributed by atoms with E-state index in [1.807, 2.05) is 59.2 Å². The summed E-state index contributed by atoms with van der Waals surface area (Å²) in [6.07, 6.45) is 1.47. The van der Waals surface area contributed by atoms with Gasteiger partial charge in [0.15, 0.2) is 11.0 Å². The zero-order valence-corrected chi connectivity index (χ0v) is 19.1. The summed E-state index contributed by atoms with van der Waals surface area (Å²) in [4.78, 5) is 12.3. The smallest absolute Gasteiger partial charge is 0.250 e.